The van der Waals surface area contributed by atoms with E-state index in [0.717, 1.165) is 71.5 Å². The summed E-state index contributed by atoms with van der Waals surface area (Å²) in [5.41, 5.74) is -0.228. The molecule has 2 fully saturated rings. The summed E-state index contributed by atoms with van der Waals surface area (Å²) in [7, 11) is 0. The van der Waals surface area contributed by atoms with Gasteiger partial charge in [0.15, 0.2) is 0 Å². The molecule has 4 rings (SSSR count). The Kier molecular flexibility index (Phi) is 6.59. The average molecular weight is 415 g/mol. The summed E-state index contributed by atoms with van der Waals surface area (Å²) in [6, 6.07) is 0.157. The molecule has 162 valence electrons. The van der Waals surface area contributed by atoms with Gasteiger partial charge in [0.2, 0.25) is 11.4 Å². The van der Waals surface area contributed by atoms with E-state index in [1.165, 1.54) is 18.8 Å². The molecule has 2 N–H and O–H groups in total. The summed E-state index contributed by atoms with van der Waals surface area (Å²) >= 11 is 0. The molecule has 0 atom stereocenters. The second-order valence-corrected chi connectivity index (χ2v) is 8.04. The van der Waals surface area contributed by atoms with Crippen molar-refractivity contribution in [3.63, 3.8) is 0 Å². The molecule has 2 aromatic heterocycles. The van der Waals surface area contributed by atoms with E-state index in [1.54, 1.807) is 0 Å². The minimum atomic E-state index is -1.21. The second-order valence-electron chi connectivity index (χ2n) is 8.04. The standard InChI is InChI=1S/C21H29N5O4/c27-18-16-13-23-21(22-7-4-8-25-9-11-30-12-10-25)24-19(16)26(14-17(18)20(28)29)15-5-2-1-3-6-15/h13-15H,1-12H2,(H,28,29)(H,22,23,24). The van der Waals surface area contributed by atoms with Gasteiger partial charge in [0.25, 0.3) is 0 Å². The number of carboxylic acids is 1. The zero-order chi connectivity index (χ0) is 20.9. The molecule has 2 aliphatic rings. The number of ether oxygens (including phenoxy) is 1. The van der Waals surface area contributed by atoms with Crippen molar-refractivity contribution in [1.82, 2.24) is 19.4 Å². The van der Waals surface area contributed by atoms with Gasteiger partial charge in [-0.2, -0.15) is 4.98 Å². The fourth-order valence-electron chi connectivity index (χ4n) is 4.34. The zero-order valence-electron chi connectivity index (χ0n) is 17.2. The molecule has 9 heteroatoms. The van der Waals surface area contributed by atoms with E-state index in [0.29, 0.717) is 11.6 Å². The maximum atomic E-state index is 12.6. The van der Waals surface area contributed by atoms with Crippen LogP contribution in [0.4, 0.5) is 5.95 Å². The van der Waals surface area contributed by atoms with Gasteiger partial charge in [0, 0.05) is 38.1 Å². The lowest BCUT2D eigenvalue weighted by atomic mass is 9.95. The molecule has 0 unspecified atom stereocenters. The van der Waals surface area contributed by atoms with Crippen molar-refractivity contribution in [2.45, 2.75) is 44.6 Å². The highest BCUT2D eigenvalue weighted by Crippen LogP contribution is 2.30. The number of fused-ring (bicyclic) bond motifs is 1. The third kappa shape index (κ3) is 4.62. The fraction of sp³-hybridized carbons (Fsp3) is 0.619. The van der Waals surface area contributed by atoms with Crippen LogP contribution in [0.3, 0.4) is 0 Å². The number of pyridine rings is 1. The molecule has 1 saturated carbocycles. The molecular weight excluding hydrogens is 386 g/mol. The number of hydrogen-bond acceptors (Lipinski definition) is 7. The number of aromatic carboxylic acids is 1. The van der Waals surface area contributed by atoms with Crippen molar-refractivity contribution >= 4 is 23.0 Å². The Hall–Kier alpha value is -2.52. The molecule has 0 radical (unpaired) electrons. The van der Waals surface area contributed by atoms with Crippen LogP contribution in [0.25, 0.3) is 11.0 Å². The number of nitrogens with one attached hydrogen (secondary N) is 1. The summed E-state index contributed by atoms with van der Waals surface area (Å²) < 4.78 is 7.26. The summed E-state index contributed by atoms with van der Waals surface area (Å²) in [4.78, 5) is 35.5. The normalized spacial score (nSPS) is 18.5. The van der Waals surface area contributed by atoms with Gasteiger partial charge in [0.05, 0.1) is 18.6 Å². The monoisotopic (exact) mass is 415 g/mol. The van der Waals surface area contributed by atoms with E-state index < -0.39 is 11.4 Å². The Morgan fingerprint density at radius 3 is 2.73 bits per heavy atom. The van der Waals surface area contributed by atoms with Crippen LogP contribution in [0.15, 0.2) is 17.2 Å². The van der Waals surface area contributed by atoms with Crippen LogP contribution in [0.1, 0.15) is 54.9 Å². The summed E-state index contributed by atoms with van der Waals surface area (Å²) in [6.45, 7) is 5.22. The maximum absolute atomic E-state index is 12.6. The van der Waals surface area contributed by atoms with Gasteiger partial charge in [-0.3, -0.25) is 9.69 Å². The van der Waals surface area contributed by atoms with Crippen molar-refractivity contribution in [2.24, 2.45) is 0 Å². The molecule has 0 bridgehead atoms. The van der Waals surface area contributed by atoms with E-state index in [2.05, 4.69) is 20.2 Å². The molecule has 0 spiro atoms. The van der Waals surface area contributed by atoms with Gasteiger partial charge in [-0.15, -0.1) is 0 Å². The van der Waals surface area contributed by atoms with Crippen molar-refractivity contribution in [1.29, 1.82) is 0 Å². The number of aromatic nitrogens is 3. The third-order valence-electron chi connectivity index (χ3n) is 6.01. The highest BCUT2D eigenvalue weighted by Gasteiger charge is 2.22. The largest absolute Gasteiger partial charge is 0.477 e. The topological polar surface area (TPSA) is 110 Å². The van der Waals surface area contributed by atoms with E-state index in [9.17, 15) is 14.7 Å². The maximum Gasteiger partial charge on any atom is 0.341 e. The van der Waals surface area contributed by atoms with Crippen LogP contribution >= 0.6 is 0 Å². The SMILES string of the molecule is O=C(O)c1cn(C2CCCCC2)c2nc(NCCCN3CCOCC3)ncc2c1=O. The number of nitrogens with zero attached hydrogens (tertiary/aromatic N) is 4. The van der Waals surface area contributed by atoms with Gasteiger partial charge in [-0.25, -0.2) is 9.78 Å². The summed E-state index contributed by atoms with van der Waals surface area (Å²) in [6.07, 6.45) is 9.18. The predicted molar refractivity (Wildman–Crippen MR) is 113 cm³/mol. The number of morpholine rings is 1. The van der Waals surface area contributed by atoms with E-state index >= 15 is 0 Å². The highest BCUT2D eigenvalue weighted by molar-refractivity contribution is 5.91. The Morgan fingerprint density at radius 1 is 1.23 bits per heavy atom. The molecule has 1 aliphatic heterocycles. The number of anilines is 1. The van der Waals surface area contributed by atoms with Crippen LogP contribution < -0.4 is 10.7 Å². The van der Waals surface area contributed by atoms with Crippen LogP contribution in [0.5, 0.6) is 0 Å². The van der Waals surface area contributed by atoms with Crippen LogP contribution in [0.2, 0.25) is 0 Å². The first-order valence-corrected chi connectivity index (χ1v) is 10.8. The van der Waals surface area contributed by atoms with E-state index in [4.69, 9.17) is 4.74 Å². The molecular formula is C21H29N5O4. The van der Waals surface area contributed by atoms with Gasteiger partial charge >= 0.3 is 5.97 Å². The first-order chi connectivity index (χ1) is 14.6. The van der Waals surface area contributed by atoms with Gasteiger partial charge < -0.3 is 19.7 Å². The van der Waals surface area contributed by atoms with Gasteiger partial charge in [0.1, 0.15) is 11.2 Å². The number of carbonyl (C=O) groups is 1. The molecule has 0 amide bonds. The van der Waals surface area contributed by atoms with Gasteiger partial charge in [-0.05, 0) is 25.8 Å². The Morgan fingerprint density at radius 2 is 2.00 bits per heavy atom. The summed E-state index contributed by atoms with van der Waals surface area (Å²) in [5, 5.41) is 13.0. The fourth-order valence-corrected chi connectivity index (χ4v) is 4.34. The molecule has 2 aromatic rings. The number of hydrogen-bond donors (Lipinski definition) is 2. The molecule has 30 heavy (non-hydrogen) atoms. The lowest BCUT2D eigenvalue weighted by molar-refractivity contribution is 0.0378. The molecule has 1 aliphatic carbocycles. The van der Waals surface area contributed by atoms with Crippen molar-refractivity contribution < 1.29 is 14.6 Å². The zero-order valence-corrected chi connectivity index (χ0v) is 17.2. The Labute approximate surface area is 175 Å². The lowest BCUT2D eigenvalue weighted by Crippen LogP contribution is -2.37. The van der Waals surface area contributed by atoms with Crippen LogP contribution in [0, 0.1) is 0 Å². The first-order valence-electron chi connectivity index (χ1n) is 10.8. The van der Waals surface area contributed by atoms with Crippen molar-refractivity contribution in [3.05, 3.63) is 28.2 Å². The van der Waals surface area contributed by atoms with Crippen molar-refractivity contribution in [2.75, 3.05) is 44.7 Å². The molecule has 1 saturated heterocycles. The van der Waals surface area contributed by atoms with Crippen LogP contribution in [-0.2, 0) is 4.74 Å². The predicted octanol–water partition coefficient (Wildman–Crippen LogP) is 2.13. The van der Waals surface area contributed by atoms with Gasteiger partial charge in [-0.1, -0.05) is 19.3 Å². The molecule has 0 aromatic carbocycles. The minimum Gasteiger partial charge on any atom is -0.477 e. The Balaban J connectivity index is 1.54. The Bertz CT molecular complexity index is 948. The quantitative estimate of drug-likeness (QED) is 0.662. The van der Waals surface area contributed by atoms with Crippen LogP contribution in [-0.4, -0.2) is 69.9 Å². The second kappa shape index (κ2) is 9.53. The van der Waals surface area contributed by atoms with E-state index in [1.807, 2.05) is 4.57 Å². The first kappa shape index (κ1) is 20.7. The highest BCUT2D eigenvalue weighted by atomic mass is 16.5. The lowest BCUT2D eigenvalue weighted by Gasteiger charge is -2.26. The third-order valence-corrected chi connectivity index (χ3v) is 6.01. The molecule has 9 nitrogen and oxygen atoms in total. The number of carboxylic acid groups (broad SMARTS) is 1. The summed E-state index contributed by atoms with van der Waals surface area (Å²) in [5.74, 6) is -0.742. The minimum absolute atomic E-state index is 0.157. The number of rotatable bonds is 7. The van der Waals surface area contributed by atoms with Crippen molar-refractivity contribution in [3.8, 4) is 0 Å². The smallest absolute Gasteiger partial charge is 0.341 e. The average Bonchev–Trinajstić information content (AvgIpc) is 2.78. The molecule has 3 heterocycles. The van der Waals surface area contributed by atoms with E-state index in [-0.39, 0.29) is 17.0 Å².